The van der Waals surface area contributed by atoms with Crippen molar-refractivity contribution >= 4 is 15.9 Å². The Kier molecular flexibility index (Phi) is 6.50. The molecule has 1 heterocycles. The van der Waals surface area contributed by atoms with E-state index in [1.54, 1.807) is 28.6 Å². The van der Waals surface area contributed by atoms with Crippen LogP contribution in [0, 0.1) is 17.8 Å². The maximum atomic E-state index is 13.0. The highest BCUT2D eigenvalue weighted by atomic mass is 32.2. The third kappa shape index (κ3) is 4.60. The summed E-state index contributed by atoms with van der Waals surface area (Å²) in [5.41, 5.74) is 0.556. The molecule has 2 atom stereocenters. The first kappa shape index (κ1) is 21.3. The minimum Gasteiger partial charge on any atom is -0.339 e. The molecule has 28 heavy (non-hydrogen) atoms. The van der Waals surface area contributed by atoms with Gasteiger partial charge in [0, 0.05) is 31.7 Å². The minimum absolute atomic E-state index is 0.0243. The predicted molar refractivity (Wildman–Crippen MR) is 112 cm³/mol. The number of carbonyl (C=O) groups is 1. The summed E-state index contributed by atoms with van der Waals surface area (Å²) in [6, 6.07) is 6.78. The van der Waals surface area contributed by atoms with E-state index in [-0.39, 0.29) is 16.8 Å². The summed E-state index contributed by atoms with van der Waals surface area (Å²) >= 11 is 0. The lowest BCUT2D eigenvalue weighted by molar-refractivity contribution is 0.0679. The SMILES string of the molecule is CC1CCC(N(C)C(=O)c2ccc(S(=O)(=O)N3C[C@@H](C)C[C@H](C)C3)cc2)CC1. The first-order valence-corrected chi connectivity index (χ1v) is 12.0. The molecule has 0 spiro atoms. The predicted octanol–water partition coefficient (Wildman–Crippen LogP) is 4.00. The molecule has 1 amide bonds. The van der Waals surface area contributed by atoms with Crippen molar-refractivity contribution in [3.8, 4) is 0 Å². The number of hydrogen-bond donors (Lipinski definition) is 0. The van der Waals surface area contributed by atoms with Gasteiger partial charge in [-0.3, -0.25) is 4.79 Å². The van der Waals surface area contributed by atoms with E-state index in [4.69, 9.17) is 0 Å². The number of rotatable bonds is 4. The average molecular weight is 407 g/mol. The molecule has 0 aromatic heterocycles. The van der Waals surface area contributed by atoms with Crippen molar-refractivity contribution in [2.24, 2.45) is 17.8 Å². The van der Waals surface area contributed by atoms with Gasteiger partial charge in [0.15, 0.2) is 0 Å². The Morgan fingerprint density at radius 1 is 0.929 bits per heavy atom. The first-order valence-electron chi connectivity index (χ1n) is 10.6. The highest BCUT2D eigenvalue weighted by Crippen LogP contribution is 2.29. The van der Waals surface area contributed by atoms with Crippen LogP contribution >= 0.6 is 0 Å². The molecule has 1 aromatic rings. The summed E-state index contributed by atoms with van der Waals surface area (Å²) in [6.45, 7) is 7.59. The van der Waals surface area contributed by atoms with Crippen LogP contribution in [0.15, 0.2) is 29.2 Å². The van der Waals surface area contributed by atoms with Crippen molar-refractivity contribution in [2.45, 2.75) is 63.8 Å². The number of amides is 1. The molecular weight excluding hydrogens is 372 g/mol. The zero-order chi connectivity index (χ0) is 20.5. The van der Waals surface area contributed by atoms with E-state index in [1.165, 1.54) is 0 Å². The summed E-state index contributed by atoms with van der Waals surface area (Å²) in [7, 11) is -1.64. The largest absolute Gasteiger partial charge is 0.339 e. The fraction of sp³-hybridized carbons (Fsp3) is 0.682. The van der Waals surface area contributed by atoms with E-state index >= 15 is 0 Å². The van der Waals surface area contributed by atoms with E-state index < -0.39 is 10.0 Å². The Bertz CT molecular complexity index is 773. The highest BCUT2D eigenvalue weighted by Gasteiger charge is 2.32. The van der Waals surface area contributed by atoms with Crippen LogP contribution in [-0.2, 0) is 10.0 Å². The second-order valence-electron chi connectivity index (χ2n) is 9.12. The smallest absolute Gasteiger partial charge is 0.253 e. The van der Waals surface area contributed by atoms with Gasteiger partial charge < -0.3 is 4.90 Å². The molecule has 3 rings (SSSR count). The Balaban J connectivity index is 1.71. The van der Waals surface area contributed by atoms with Gasteiger partial charge in [0.2, 0.25) is 10.0 Å². The van der Waals surface area contributed by atoms with Crippen molar-refractivity contribution in [3.63, 3.8) is 0 Å². The summed E-state index contributed by atoms with van der Waals surface area (Å²) < 4.78 is 27.6. The number of hydrogen-bond acceptors (Lipinski definition) is 3. The first-order chi connectivity index (χ1) is 13.2. The number of piperidine rings is 1. The Labute approximate surface area is 170 Å². The molecule has 1 saturated carbocycles. The molecule has 5 nitrogen and oxygen atoms in total. The fourth-order valence-corrected chi connectivity index (χ4v) is 6.40. The van der Waals surface area contributed by atoms with Crippen LogP contribution in [0.25, 0.3) is 0 Å². The molecule has 0 unspecified atom stereocenters. The van der Waals surface area contributed by atoms with Crippen LogP contribution in [0.4, 0.5) is 0 Å². The van der Waals surface area contributed by atoms with Crippen molar-refractivity contribution < 1.29 is 13.2 Å². The summed E-state index contributed by atoms with van der Waals surface area (Å²) in [6.07, 6.45) is 5.46. The Morgan fingerprint density at radius 3 is 2.00 bits per heavy atom. The molecule has 1 aromatic carbocycles. The van der Waals surface area contributed by atoms with Gasteiger partial charge in [0.1, 0.15) is 0 Å². The quantitative estimate of drug-likeness (QED) is 0.759. The highest BCUT2D eigenvalue weighted by molar-refractivity contribution is 7.89. The van der Waals surface area contributed by atoms with E-state index in [1.807, 2.05) is 11.9 Å². The van der Waals surface area contributed by atoms with Gasteiger partial charge in [-0.05, 0) is 74.1 Å². The van der Waals surface area contributed by atoms with E-state index in [0.717, 1.165) is 38.0 Å². The average Bonchev–Trinajstić information content (AvgIpc) is 2.67. The lowest BCUT2D eigenvalue weighted by Gasteiger charge is -2.34. The van der Waals surface area contributed by atoms with Gasteiger partial charge in [-0.25, -0.2) is 8.42 Å². The monoisotopic (exact) mass is 406 g/mol. The van der Waals surface area contributed by atoms with Gasteiger partial charge in [0.05, 0.1) is 4.90 Å². The van der Waals surface area contributed by atoms with Crippen molar-refractivity contribution in [1.82, 2.24) is 9.21 Å². The lowest BCUT2D eigenvalue weighted by Crippen LogP contribution is -2.42. The van der Waals surface area contributed by atoms with E-state index in [9.17, 15) is 13.2 Å². The molecule has 0 N–H and O–H groups in total. The van der Waals surface area contributed by atoms with Crippen LogP contribution < -0.4 is 0 Å². The van der Waals surface area contributed by atoms with Gasteiger partial charge in [0.25, 0.3) is 5.91 Å². The maximum Gasteiger partial charge on any atom is 0.253 e. The zero-order valence-electron chi connectivity index (χ0n) is 17.6. The topological polar surface area (TPSA) is 57.7 Å². The van der Waals surface area contributed by atoms with Gasteiger partial charge in [-0.1, -0.05) is 20.8 Å². The van der Waals surface area contributed by atoms with Crippen LogP contribution in [-0.4, -0.2) is 49.7 Å². The molecule has 2 aliphatic rings. The van der Waals surface area contributed by atoms with Gasteiger partial charge in [-0.15, -0.1) is 0 Å². The summed E-state index contributed by atoms with van der Waals surface area (Å²) in [4.78, 5) is 15.0. The standard InChI is InChI=1S/C22H34N2O3S/c1-16-5-9-20(10-6-16)23(4)22(25)19-7-11-21(12-8-19)28(26,27)24-14-17(2)13-18(3)15-24/h7-8,11-12,16-18,20H,5-6,9-10,13-15H2,1-4H3/t16?,17-,18-,20?/m0/s1. The van der Waals surface area contributed by atoms with Crippen molar-refractivity contribution in [3.05, 3.63) is 29.8 Å². The molecule has 0 bridgehead atoms. The second-order valence-corrected chi connectivity index (χ2v) is 11.1. The summed E-state index contributed by atoms with van der Waals surface area (Å²) in [5, 5.41) is 0. The summed E-state index contributed by atoms with van der Waals surface area (Å²) in [5.74, 6) is 1.45. The number of carbonyl (C=O) groups excluding carboxylic acids is 1. The number of nitrogens with zero attached hydrogens (tertiary/aromatic N) is 2. The Morgan fingerprint density at radius 2 is 1.46 bits per heavy atom. The van der Waals surface area contributed by atoms with E-state index in [0.29, 0.717) is 30.5 Å². The normalized spacial score (nSPS) is 29.4. The van der Waals surface area contributed by atoms with Gasteiger partial charge >= 0.3 is 0 Å². The Hall–Kier alpha value is -1.40. The molecule has 0 radical (unpaired) electrons. The number of benzene rings is 1. The number of sulfonamides is 1. The van der Waals surface area contributed by atoms with Crippen molar-refractivity contribution in [2.75, 3.05) is 20.1 Å². The zero-order valence-corrected chi connectivity index (χ0v) is 18.4. The molecule has 1 aliphatic heterocycles. The third-order valence-electron chi connectivity index (χ3n) is 6.43. The van der Waals surface area contributed by atoms with Crippen LogP contribution in [0.2, 0.25) is 0 Å². The van der Waals surface area contributed by atoms with E-state index in [2.05, 4.69) is 20.8 Å². The van der Waals surface area contributed by atoms with Crippen LogP contribution in [0.5, 0.6) is 0 Å². The molecule has 156 valence electrons. The molecule has 1 aliphatic carbocycles. The molecule has 2 fully saturated rings. The van der Waals surface area contributed by atoms with Crippen molar-refractivity contribution in [1.29, 1.82) is 0 Å². The van der Waals surface area contributed by atoms with Crippen LogP contribution in [0.3, 0.4) is 0 Å². The maximum absolute atomic E-state index is 13.0. The van der Waals surface area contributed by atoms with Crippen LogP contribution in [0.1, 0.15) is 63.2 Å². The molecule has 1 saturated heterocycles. The van der Waals surface area contributed by atoms with Gasteiger partial charge in [-0.2, -0.15) is 4.31 Å². The minimum atomic E-state index is -3.51. The lowest BCUT2D eigenvalue weighted by atomic mass is 9.86. The molecular formula is C22H34N2O3S. The molecule has 6 heteroatoms. The fourth-order valence-electron chi connectivity index (χ4n) is 4.72. The third-order valence-corrected chi connectivity index (χ3v) is 8.27. The second kappa shape index (κ2) is 8.54.